The topological polar surface area (TPSA) is 61.8 Å². The molecule has 1 aromatic rings. The highest BCUT2D eigenvalue weighted by Gasteiger charge is 2.14. The third kappa shape index (κ3) is 4.17. The van der Waals surface area contributed by atoms with Gasteiger partial charge in [-0.25, -0.2) is 0 Å². The van der Waals surface area contributed by atoms with E-state index in [-0.39, 0.29) is 12.6 Å². The Morgan fingerprint density at radius 1 is 1.22 bits per heavy atom. The average molecular weight is 364 g/mol. The van der Waals surface area contributed by atoms with Crippen molar-refractivity contribution in [3.8, 4) is 11.5 Å². The molecule has 0 aliphatic heterocycles. The lowest BCUT2D eigenvalue weighted by molar-refractivity contribution is -0.142. The molecule has 0 fully saturated rings. The molecule has 0 aliphatic rings. The summed E-state index contributed by atoms with van der Waals surface area (Å²) in [5.74, 6) is 0.0309. The minimum absolute atomic E-state index is 0.155. The van der Waals surface area contributed by atoms with Crippen molar-refractivity contribution in [3.63, 3.8) is 0 Å². The molecule has 0 heterocycles. The van der Waals surface area contributed by atoms with Crippen LogP contribution in [0.2, 0.25) is 0 Å². The third-order valence-corrected chi connectivity index (χ3v) is 2.78. The molecule has 5 nitrogen and oxygen atoms in total. The number of halogens is 1. The van der Waals surface area contributed by atoms with Gasteiger partial charge in [0.25, 0.3) is 0 Å². The standard InChI is InChI=1S/C12H13IO5/c1-7(14)17-6-9-4-10(13)12(18-8(2)15)11(5-9)16-3/h4-5H,6H2,1-3H3. The van der Waals surface area contributed by atoms with Crippen LogP contribution in [0.15, 0.2) is 12.1 Å². The predicted octanol–water partition coefficient (Wildman–Crippen LogP) is 2.29. The summed E-state index contributed by atoms with van der Waals surface area (Å²) in [5.41, 5.74) is 0.766. The van der Waals surface area contributed by atoms with E-state index in [1.54, 1.807) is 12.1 Å². The predicted molar refractivity (Wildman–Crippen MR) is 72.5 cm³/mol. The average Bonchev–Trinajstić information content (AvgIpc) is 2.28. The van der Waals surface area contributed by atoms with Crippen LogP contribution in [0.25, 0.3) is 0 Å². The summed E-state index contributed by atoms with van der Waals surface area (Å²) in [4.78, 5) is 21.7. The molecule has 18 heavy (non-hydrogen) atoms. The largest absolute Gasteiger partial charge is 0.493 e. The van der Waals surface area contributed by atoms with Gasteiger partial charge < -0.3 is 14.2 Å². The van der Waals surface area contributed by atoms with E-state index in [9.17, 15) is 9.59 Å². The molecule has 0 aromatic heterocycles. The van der Waals surface area contributed by atoms with E-state index in [1.807, 2.05) is 22.6 Å². The summed E-state index contributed by atoms with van der Waals surface area (Å²) in [5, 5.41) is 0. The lowest BCUT2D eigenvalue weighted by Crippen LogP contribution is -2.06. The highest BCUT2D eigenvalue weighted by molar-refractivity contribution is 14.1. The minimum Gasteiger partial charge on any atom is -0.493 e. The smallest absolute Gasteiger partial charge is 0.308 e. The van der Waals surface area contributed by atoms with E-state index in [1.165, 1.54) is 21.0 Å². The van der Waals surface area contributed by atoms with Gasteiger partial charge in [-0.05, 0) is 40.3 Å². The Kier molecular flexibility index (Phi) is 5.39. The van der Waals surface area contributed by atoms with Crippen molar-refractivity contribution in [1.29, 1.82) is 0 Å². The van der Waals surface area contributed by atoms with Crippen LogP contribution in [-0.4, -0.2) is 19.0 Å². The van der Waals surface area contributed by atoms with Crippen molar-refractivity contribution in [3.05, 3.63) is 21.3 Å². The van der Waals surface area contributed by atoms with Gasteiger partial charge in [0.2, 0.25) is 0 Å². The Bertz CT molecular complexity index is 470. The molecular formula is C12H13IO5. The highest BCUT2D eigenvalue weighted by atomic mass is 127. The number of methoxy groups -OCH3 is 1. The van der Waals surface area contributed by atoms with Crippen molar-refractivity contribution in [2.75, 3.05) is 7.11 Å². The van der Waals surface area contributed by atoms with Crippen molar-refractivity contribution in [1.82, 2.24) is 0 Å². The Morgan fingerprint density at radius 3 is 2.39 bits per heavy atom. The van der Waals surface area contributed by atoms with Gasteiger partial charge in [0.15, 0.2) is 11.5 Å². The van der Waals surface area contributed by atoms with E-state index in [0.717, 1.165) is 5.56 Å². The molecule has 0 aliphatic carbocycles. The molecule has 6 heteroatoms. The lowest BCUT2D eigenvalue weighted by atomic mass is 10.2. The summed E-state index contributed by atoms with van der Waals surface area (Å²) in [6.07, 6.45) is 0. The zero-order valence-corrected chi connectivity index (χ0v) is 12.4. The highest BCUT2D eigenvalue weighted by Crippen LogP contribution is 2.34. The maximum Gasteiger partial charge on any atom is 0.308 e. The van der Waals surface area contributed by atoms with Gasteiger partial charge in [-0.2, -0.15) is 0 Å². The molecular weight excluding hydrogens is 351 g/mol. The summed E-state index contributed by atoms with van der Waals surface area (Å²) < 4.78 is 15.8. The molecule has 1 aromatic carbocycles. The zero-order valence-electron chi connectivity index (χ0n) is 10.3. The van der Waals surface area contributed by atoms with Gasteiger partial charge in [-0.15, -0.1) is 0 Å². The van der Waals surface area contributed by atoms with Gasteiger partial charge >= 0.3 is 11.9 Å². The van der Waals surface area contributed by atoms with Gasteiger partial charge in [0, 0.05) is 13.8 Å². The van der Waals surface area contributed by atoms with Gasteiger partial charge in [0.1, 0.15) is 6.61 Å². The number of esters is 2. The van der Waals surface area contributed by atoms with Crippen molar-refractivity contribution in [2.24, 2.45) is 0 Å². The van der Waals surface area contributed by atoms with Crippen LogP contribution >= 0.6 is 22.6 Å². The number of carbonyl (C=O) groups excluding carboxylic acids is 2. The van der Waals surface area contributed by atoms with Crippen LogP contribution in [0.4, 0.5) is 0 Å². The quantitative estimate of drug-likeness (QED) is 0.466. The molecule has 0 radical (unpaired) electrons. The van der Waals surface area contributed by atoms with E-state index >= 15 is 0 Å². The van der Waals surface area contributed by atoms with E-state index in [0.29, 0.717) is 15.1 Å². The first-order chi connectivity index (χ1) is 8.43. The fourth-order valence-corrected chi connectivity index (χ4v) is 2.06. The Balaban J connectivity index is 3.02. The molecule has 0 unspecified atom stereocenters. The molecule has 1 rings (SSSR count). The Hall–Kier alpha value is -1.31. The molecule has 0 saturated carbocycles. The first-order valence-electron chi connectivity index (χ1n) is 5.12. The molecule has 0 saturated heterocycles. The molecule has 0 bridgehead atoms. The number of carbonyl (C=O) groups is 2. The SMILES string of the molecule is COc1cc(COC(C)=O)cc(I)c1OC(C)=O. The third-order valence-electron chi connectivity index (χ3n) is 1.98. The fraction of sp³-hybridized carbons (Fsp3) is 0.333. The number of hydrogen-bond donors (Lipinski definition) is 0. The summed E-state index contributed by atoms with van der Waals surface area (Å²) in [7, 11) is 1.48. The second-order valence-electron chi connectivity index (χ2n) is 3.48. The van der Waals surface area contributed by atoms with Crippen LogP contribution in [0.5, 0.6) is 11.5 Å². The Morgan fingerprint density at radius 2 is 1.89 bits per heavy atom. The minimum atomic E-state index is -0.418. The zero-order chi connectivity index (χ0) is 13.7. The van der Waals surface area contributed by atoms with Gasteiger partial charge in [-0.1, -0.05) is 0 Å². The first-order valence-corrected chi connectivity index (χ1v) is 6.20. The fourth-order valence-electron chi connectivity index (χ4n) is 1.28. The number of hydrogen-bond acceptors (Lipinski definition) is 5. The normalized spacial score (nSPS) is 9.78. The van der Waals surface area contributed by atoms with E-state index in [2.05, 4.69) is 0 Å². The summed E-state index contributed by atoms with van der Waals surface area (Å²) in [6, 6.07) is 3.44. The van der Waals surface area contributed by atoms with Crippen LogP contribution in [0.1, 0.15) is 19.4 Å². The summed E-state index contributed by atoms with van der Waals surface area (Å²) >= 11 is 2.03. The lowest BCUT2D eigenvalue weighted by Gasteiger charge is -2.12. The molecule has 0 atom stereocenters. The van der Waals surface area contributed by atoms with E-state index in [4.69, 9.17) is 14.2 Å². The van der Waals surface area contributed by atoms with Crippen LogP contribution in [0, 0.1) is 3.57 Å². The summed E-state index contributed by atoms with van der Waals surface area (Å²) in [6.45, 7) is 2.82. The second-order valence-corrected chi connectivity index (χ2v) is 4.65. The monoisotopic (exact) mass is 364 g/mol. The molecule has 0 spiro atoms. The number of benzene rings is 1. The molecule has 0 amide bonds. The van der Waals surface area contributed by atoms with Crippen molar-refractivity contribution in [2.45, 2.75) is 20.5 Å². The number of rotatable bonds is 4. The van der Waals surface area contributed by atoms with Crippen molar-refractivity contribution >= 4 is 34.5 Å². The first kappa shape index (κ1) is 14.7. The number of ether oxygens (including phenoxy) is 3. The Labute approximate surface area is 119 Å². The van der Waals surface area contributed by atoms with Gasteiger partial charge in [-0.3, -0.25) is 9.59 Å². The maximum atomic E-state index is 11.0. The van der Waals surface area contributed by atoms with Crippen LogP contribution < -0.4 is 9.47 Å². The second kappa shape index (κ2) is 6.58. The molecule has 0 N–H and O–H groups in total. The maximum absolute atomic E-state index is 11.0. The molecule has 98 valence electrons. The van der Waals surface area contributed by atoms with Crippen LogP contribution in [-0.2, 0) is 20.9 Å². The van der Waals surface area contributed by atoms with Crippen LogP contribution in [0.3, 0.4) is 0 Å². The van der Waals surface area contributed by atoms with E-state index < -0.39 is 5.97 Å². The van der Waals surface area contributed by atoms with Crippen molar-refractivity contribution < 1.29 is 23.8 Å². The van der Waals surface area contributed by atoms with Gasteiger partial charge in [0.05, 0.1) is 10.7 Å².